The van der Waals surface area contributed by atoms with Crippen LogP contribution in [0.4, 0.5) is 11.6 Å². The van der Waals surface area contributed by atoms with Crippen LogP contribution in [0.3, 0.4) is 0 Å². The van der Waals surface area contributed by atoms with Crippen LogP contribution >= 0.6 is 11.6 Å². The first-order valence-corrected chi connectivity index (χ1v) is 8.27. The third-order valence-corrected chi connectivity index (χ3v) is 3.88. The number of amides is 1. The van der Waals surface area contributed by atoms with Gasteiger partial charge in [-0.1, -0.05) is 54.1 Å². The number of nitrogens with one attached hydrogen (secondary N) is 2. The molecule has 0 aliphatic carbocycles. The van der Waals surface area contributed by atoms with Crippen molar-refractivity contribution in [2.75, 3.05) is 17.2 Å². The summed E-state index contributed by atoms with van der Waals surface area (Å²) in [5.41, 5.74) is 2.05. The molecule has 0 aliphatic heterocycles. The van der Waals surface area contributed by atoms with Crippen molar-refractivity contribution in [3.05, 3.63) is 83.1 Å². The molecule has 3 rings (SSSR count). The van der Waals surface area contributed by atoms with Crippen LogP contribution in [-0.4, -0.2) is 22.4 Å². The first-order valence-electron chi connectivity index (χ1n) is 7.89. The van der Waals surface area contributed by atoms with E-state index < -0.39 is 0 Å². The van der Waals surface area contributed by atoms with Crippen molar-refractivity contribution in [1.82, 2.24) is 9.97 Å². The molecule has 25 heavy (non-hydrogen) atoms. The summed E-state index contributed by atoms with van der Waals surface area (Å²) in [5.74, 6) is 0.0874. The smallest absolute Gasteiger partial charge is 0.274 e. The predicted molar refractivity (Wildman–Crippen MR) is 100 cm³/mol. The molecule has 0 unspecified atom stereocenters. The average Bonchev–Trinajstić information content (AvgIpc) is 2.65. The minimum absolute atomic E-state index is 0.275. The summed E-state index contributed by atoms with van der Waals surface area (Å²) in [6, 6.07) is 18.8. The van der Waals surface area contributed by atoms with Gasteiger partial charge < -0.3 is 10.6 Å². The quantitative estimate of drug-likeness (QED) is 0.702. The van der Waals surface area contributed by atoms with Crippen molar-refractivity contribution in [1.29, 1.82) is 0 Å². The largest absolute Gasteiger partial charge is 0.354 e. The van der Waals surface area contributed by atoms with Gasteiger partial charge in [-0.15, -0.1) is 0 Å². The van der Waals surface area contributed by atoms with Crippen molar-refractivity contribution in [3.8, 4) is 0 Å². The summed E-state index contributed by atoms with van der Waals surface area (Å²) in [4.78, 5) is 20.7. The standard InChI is InChI=1S/C19H17ClN4O/c20-15-8-4-5-9-16(15)23-18(25)17-11-13-22-19(24-17)21-12-10-14-6-2-1-3-7-14/h1-9,11,13H,10,12H2,(H,23,25)(H,21,22,24). The normalized spacial score (nSPS) is 10.3. The number of hydrogen-bond acceptors (Lipinski definition) is 4. The van der Waals surface area contributed by atoms with Gasteiger partial charge in [-0.05, 0) is 30.2 Å². The number of benzene rings is 2. The second-order valence-corrected chi connectivity index (χ2v) is 5.77. The van der Waals surface area contributed by atoms with E-state index >= 15 is 0 Å². The van der Waals surface area contributed by atoms with Gasteiger partial charge in [-0.3, -0.25) is 4.79 Å². The maximum atomic E-state index is 12.3. The molecule has 1 aromatic heterocycles. The van der Waals surface area contributed by atoms with E-state index in [4.69, 9.17) is 11.6 Å². The molecule has 0 atom stereocenters. The fraction of sp³-hybridized carbons (Fsp3) is 0.105. The van der Waals surface area contributed by atoms with Crippen LogP contribution in [0.5, 0.6) is 0 Å². The Morgan fingerprint density at radius 3 is 2.56 bits per heavy atom. The zero-order chi connectivity index (χ0) is 17.5. The van der Waals surface area contributed by atoms with Crippen molar-refractivity contribution in [3.63, 3.8) is 0 Å². The van der Waals surface area contributed by atoms with E-state index in [0.717, 1.165) is 6.42 Å². The maximum Gasteiger partial charge on any atom is 0.274 e. The third kappa shape index (κ3) is 4.78. The zero-order valence-corrected chi connectivity index (χ0v) is 14.2. The average molecular weight is 353 g/mol. The highest BCUT2D eigenvalue weighted by Gasteiger charge is 2.10. The minimum Gasteiger partial charge on any atom is -0.354 e. The second kappa shape index (κ2) is 8.26. The molecule has 6 heteroatoms. The van der Waals surface area contributed by atoms with Crippen LogP contribution in [0.1, 0.15) is 16.1 Å². The SMILES string of the molecule is O=C(Nc1ccccc1Cl)c1ccnc(NCCc2ccccc2)n1. The van der Waals surface area contributed by atoms with Gasteiger partial charge in [0.05, 0.1) is 10.7 Å². The van der Waals surface area contributed by atoms with Gasteiger partial charge in [-0.2, -0.15) is 0 Å². The number of carbonyl (C=O) groups is 1. The maximum absolute atomic E-state index is 12.3. The lowest BCUT2D eigenvalue weighted by Gasteiger charge is -2.08. The molecule has 1 heterocycles. The lowest BCUT2D eigenvalue weighted by atomic mass is 10.1. The van der Waals surface area contributed by atoms with Gasteiger partial charge in [0.1, 0.15) is 5.69 Å². The lowest BCUT2D eigenvalue weighted by molar-refractivity contribution is 0.102. The molecule has 0 radical (unpaired) electrons. The number of rotatable bonds is 6. The molecule has 0 saturated carbocycles. The van der Waals surface area contributed by atoms with E-state index in [-0.39, 0.29) is 11.6 Å². The Balaban J connectivity index is 1.61. The Morgan fingerprint density at radius 1 is 1.00 bits per heavy atom. The van der Waals surface area contributed by atoms with Crippen LogP contribution in [0.25, 0.3) is 0 Å². The number of halogens is 1. The van der Waals surface area contributed by atoms with E-state index in [2.05, 4.69) is 32.7 Å². The van der Waals surface area contributed by atoms with Gasteiger partial charge in [0, 0.05) is 12.7 Å². The van der Waals surface area contributed by atoms with Crippen molar-refractivity contribution >= 4 is 29.1 Å². The number of carbonyl (C=O) groups excluding carboxylic acids is 1. The molecule has 2 N–H and O–H groups in total. The molecule has 126 valence electrons. The summed E-state index contributed by atoms with van der Waals surface area (Å²) in [6.07, 6.45) is 2.40. The third-order valence-electron chi connectivity index (χ3n) is 3.55. The van der Waals surface area contributed by atoms with Crippen molar-refractivity contribution in [2.45, 2.75) is 6.42 Å². The van der Waals surface area contributed by atoms with E-state index in [9.17, 15) is 4.79 Å². The molecule has 5 nitrogen and oxygen atoms in total. The fourth-order valence-corrected chi connectivity index (χ4v) is 2.47. The number of anilines is 2. The first kappa shape index (κ1) is 16.9. The van der Waals surface area contributed by atoms with Crippen LogP contribution in [0.2, 0.25) is 5.02 Å². The van der Waals surface area contributed by atoms with Gasteiger partial charge in [0.25, 0.3) is 5.91 Å². The van der Waals surface area contributed by atoms with Crippen LogP contribution in [-0.2, 0) is 6.42 Å². The number of para-hydroxylation sites is 1. The summed E-state index contributed by atoms with van der Waals surface area (Å²) in [6.45, 7) is 0.680. The molecule has 1 amide bonds. The lowest BCUT2D eigenvalue weighted by Crippen LogP contribution is -2.16. The summed E-state index contributed by atoms with van der Waals surface area (Å²) < 4.78 is 0. The molecule has 0 spiro atoms. The molecule has 0 saturated heterocycles. The number of hydrogen-bond donors (Lipinski definition) is 2. The zero-order valence-electron chi connectivity index (χ0n) is 13.4. The number of nitrogens with zero attached hydrogens (tertiary/aromatic N) is 2. The molecule has 0 bridgehead atoms. The highest BCUT2D eigenvalue weighted by atomic mass is 35.5. The van der Waals surface area contributed by atoms with E-state index in [1.54, 1.807) is 36.5 Å². The molecule has 0 fully saturated rings. The van der Waals surface area contributed by atoms with Gasteiger partial charge in [-0.25, -0.2) is 9.97 Å². The topological polar surface area (TPSA) is 66.9 Å². The predicted octanol–water partition coefficient (Wildman–Crippen LogP) is 4.04. The minimum atomic E-state index is -0.332. The van der Waals surface area contributed by atoms with E-state index in [1.165, 1.54) is 5.56 Å². The summed E-state index contributed by atoms with van der Waals surface area (Å²) in [7, 11) is 0. The molecular weight excluding hydrogens is 336 g/mol. The molecule has 0 aliphatic rings. The van der Waals surface area contributed by atoms with Crippen LogP contribution < -0.4 is 10.6 Å². The Bertz CT molecular complexity index is 855. The van der Waals surface area contributed by atoms with Crippen LogP contribution in [0.15, 0.2) is 66.9 Å². The van der Waals surface area contributed by atoms with E-state index in [0.29, 0.717) is 23.2 Å². The Kier molecular flexibility index (Phi) is 5.59. The van der Waals surface area contributed by atoms with E-state index in [1.807, 2.05) is 18.2 Å². The highest BCUT2D eigenvalue weighted by Crippen LogP contribution is 2.21. The monoisotopic (exact) mass is 352 g/mol. The Hall–Kier alpha value is -2.92. The van der Waals surface area contributed by atoms with Crippen LogP contribution in [0, 0.1) is 0 Å². The Labute approximate surface area is 151 Å². The van der Waals surface area contributed by atoms with Crippen molar-refractivity contribution < 1.29 is 4.79 Å². The van der Waals surface area contributed by atoms with Gasteiger partial charge in [0.15, 0.2) is 0 Å². The Morgan fingerprint density at radius 2 is 1.76 bits per heavy atom. The first-order chi connectivity index (χ1) is 12.2. The molecule has 3 aromatic rings. The molecular formula is C19H17ClN4O. The highest BCUT2D eigenvalue weighted by molar-refractivity contribution is 6.33. The van der Waals surface area contributed by atoms with Gasteiger partial charge in [0.2, 0.25) is 5.95 Å². The van der Waals surface area contributed by atoms with Crippen molar-refractivity contribution in [2.24, 2.45) is 0 Å². The summed E-state index contributed by atoms with van der Waals surface area (Å²) in [5, 5.41) is 6.36. The van der Waals surface area contributed by atoms with Gasteiger partial charge >= 0.3 is 0 Å². The summed E-state index contributed by atoms with van der Waals surface area (Å²) >= 11 is 6.05. The number of aromatic nitrogens is 2. The molecule has 2 aromatic carbocycles. The second-order valence-electron chi connectivity index (χ2n) is 5.36. The fourth-order valence-electron chi connectivity index (χ4n) is 2.28.